The Morgan fingerprint density at radius 1 is 1.29 bits per heavy atom. The van der Waals surface area contributed by atoms with E-state index in [9.17, 15) is 0 Å². The number of nitrogens with one attached hydrogen (secondary N) is 1. The van der Waals surface area contributed by atoms with Crippen molar-refractivity contribution in [2.24, 2.45) is 0 Å². The van der Waals surface area contributed by atoms with Gasteiger partial charge in [0.15, 0.2) is 5.65 Å². The molecule has 0 aliphatic rings. The topological polar surface area (TPSA) is 60.6 Å². The monoisotopic (exact) mass is 282 g/mol. The van der Waals surface area contributed by atoms with Gasteiger partial charge in [-0.3, -0.25) is 0 Å². The van der Waals surface area contributed by atoms with Gasteiger partial charge >= 0.3 is 0 Å². The minimum atomic E-state index is 0.304. The number of aromatic nitrogens is 5. The van der Waals surface area contributed by atoms with Crippen molar-refractivity contribution in [3.63, 3.8) is 0 Å². The molecule has 0 saturated heterocycles. The summed E-state index contributed by atoms with van der Waals surface area (Å²) in [6.45, 7) is 8.56. The number of hydrogen-bond acceptors (Lipinski definition) is 4. The first-order valence-corrected chi connectivity index (χ1v) is 6.90. The molecule has 0 aliphatic carbocycles. The van der Waals surface area contributed by atoms with E-state index in [0.717, 1.165) is 22.3 Å². The van der Waals surface area contributed by atoms with E-state index in [1.165, 1.54) is 0 Å². The Morgan fingerprint density at radius 2 is 2.14 bits per heavy atom. The number of rotatable bonds is 5. The first kappa shape index (κ1) is 13.4. The lowest BCUT2D eigenvalue weighted by Gasteiger charge is -2.07. The zero-order valence-corrected chi connectivity index (χ0v) is 12.2. The molecule has 1 N–H and O–H groups in total. The number of anilines is 1. The smallest absolute Gasteiger partial charge is 0.158 e. The van der Waals surface area contributed by atoms with E-state index in [1.54, 1.807) is 10.9 Å². The van der Waals surface area contributed by atoms with Crippen LogP contribution >= 0.6 is 0 Å². The van der Waals surface area contributed by atoms with Crippen molar-refractivity contribution in [1.82, 2.24) is 24.5 Å². The molecule has 3 rings (SSSR count). The summed E-state index contributed by atoms with van der Waals surface area (Å²) in [6, 6.07) is 2.37. The third kappa shape index (κ3) is 2.65. The second kappa shape index (κ2) is 5.40. The molecule has 0 fully saturated rings. The first-order chi connectivity index (χ1) is 10.2. The Balaban J connectivity index is 1.77. The predicted molar refractivity (Wildman–Crippen MR) is 83.9 cm³/mol. The van der Waals surface area contributed by atoms with E-state index in [0.29, 0.717) is 12.6 Å². The Labute approximate surface area is 123 Å². The Morgan fingerprint density at radius 3 is 2.86 bits per heavy atom. The van der Waals surface area contributed by atoms with Gasteiger partial charge in [0, 0.05) is 35.9 Å². The van der Waals surface area contributed by atoms with Gasteiger partial charge in [0.2, 0.25) is 0 Å². The van der Waals surface area contributed by atoms with E-state index in [1.807, 2.05) is 29.5 Å². The number of pyridine rings is 1. The summed E-state index contributed by atoms with van der Waals surface area (Å²) in [6.07, 6.45) is 9.10. The van der Waals surface area contributed by atoms with E-state index in [-0.39, 0.29) is 0 Å². The number of fused-ring (bicyclic) bond motifs is 1. The average molecular weight is 282 g/mol. The van der Waals surface area contributed by atoms with E-state index in [4.69, 9.17) is 0 Å². The Kier molecular flexibility index (Phi) is 3.43. The maximum absolute atomic E-state index is 4.50. The molecule has 0 atom stereocenters. The highest BCUT2D eigenvalue weighted by atomic mass is 15.3. The van der Waals surface area contributed by atoms with Crippen LogP contribution in [-0.2, 0) is 6.54 Å². The molecule has 0 spiro atoms. The summed E-state index contributed by atoms with van der Waals surface area (Å²) < 4.78 is 3.61. The van der Waals surface area contributed by atoms with Gasteiger partial charge in [0.25, 0.3) is 0 Å². The van der Waals surface area contributed by atoms with Crippen LogP contribution in [0.1, 0.15) is 25.5 Å². The van der Waals surface area contributed by atoms with Gasteiger partial charge in [-0.05, 0) is 19.9 Å². The lowest BCUT2D eigenvalue weighted by Crippen LogP contribution is -2.04. The summed E-state index contributed by atoms with van der Waals surface area (Å²) >= 11 is 0. The molecule has 108 valence electrons. The van der Waals surface area contributed by atoms with Crippen LogP contribution in [0.15, 0.2) is 37.4 Å². The predicted octanol–water partition coefficient (Wildman–Crippen LogP) is 2.92. The lowest BCUT2D eigenvalue weighted by molar-refractivity contribution is 0.546. The molecule has 0 unspecified atom stereocenters. The minimum Gasteiger partial charge on any atom is -0.380 e. The molecule has 0 aromatic carbocycles. The molecule has 0 aliphatic heterocycles. The maximum atomic E-state index is 4.50. The van der Waals surface area contributed by atoms with Crippen molar-refractivity contribution < 1.29 is 0 Å². The van der Waals surface area contributed by atoms with Gasteiger partial charge in [-0.25, -0.2) is 14.3 Å². The summed E-state index contributed by atoms with van der Waals surface area (Å²) in [5.41, 5.74) is 2.97. The van der Waals surface area contributed by atoms with Crippen LogP contribution < -0.4 is 5.32 Å². The fourth-order valence-electron chi connectivity index (χ4n) is 2.19. The highest BCUT2D eigenvalue weighted by Gasteiger charge is 2.07. The van der Waals surface area contributed by atoms with Gasteiger partial charge in [-0.2, -0.15) is 10.2 Å². The summed E-state index contributed by atoms with van der Waals surface area (Å²) in [7, 11) is 0. The van der Waals surface area contributed by atoms with Crippen LogP contribution in [0, 0.1) is 0 Å². The normalized spacial score (nSPS) is 11.2. The molecule has 0 saturated carbocycles. The van der Waals surface area contributed by atoms with Gasteiger partial charge in [-0.1, -0.05) is 6.58 Å². The number of nitrogens with zero attached hydrogens (tertiary/aromatic N) is 5. The molecule has 21 heavy (non-hydrogen) atoms. The third-order valence-corrected chi connectivity index (χ3v) is 3.26. The number of hydrogen-bond donors (Lipinski definition) is 1. The minimum absolute atomic E-state index is 0.304. The molecule has 3 heterocycles. The van der Waals surface area contributed by atoms with Crippen molar-refractivity contribution >= 4 is 22.9 Å². The second-order valence-corrected chi connectivity index (χ2v) is 5.18. The molecular weight excluding hydrogens is 264 g/mol. The zero-order valence-electron chi connectivity index (χ0n) is 12.2. The van der Waals surface area contributed by atoms with E-state index < -0.39 is 0 Å². The highest BCUT2D eigenvalue weighted by molar-refractivity contribution is 5.78. The van der Waals surface area contributed by atoms with Crippen LogP contribution in [0.5, 0.6) is 0 Å². The Hall–Kier alpha value is -2.63. The molecule has 6 nitrogen and oxygen atoms in total. The molecule has 0 bridgehead atoms. The van der Waals surface area contributed by atoms with Crippen molar-refractivity contribution in [3.8, 4) is 0 Å². The van der Waals surface area contributed by atoms with Gasteiger partial charge < -0.3 is 5.32 Å². The van der Waals surface area contributed by atoms with Crippen LogP contribution in [0.4, 0.5) is 5.69 Å². The summed E-state index contributed by atoms with van der Waals surface area (Å²) in [5.74, 6) is 0. The van der Waals surface area contributed by atoms with E-state index in [2.05, 4.69) is 47.0 Å². The fourth-order valence-corrected chi connectivity index (χ4v) is 2.19. The van der Waals surface area contributed by atoms with Gasteiger partial charge in [0.1, 0.15) is 0 Å². The van der Waals surface area contributed by atoms with Crippen molar-refractivity contribution in [3.05, 3.63) is 43.0 Å². The first-order valence-electron chi connectivity index (χ1n) is 6.90. The standard InChI is InChI=1S/C15H18N6/c1-4-20-10-12(7-18-20)6-16-14-5-13-8-19-21(11(2)3)15(13)17-9-14/h4-5,7-11,16H,1,6H2,2-3H3. The van der Waals surface area contributed by atoms with Crippen molar-refractivity contribution in [2.45, 2.75) is 26.4 Å². The van der Waals surface area contributed by atoms with Crippen molar-refractivity contribution in [2.75, 3.05) is 5.32 Å². The Bertz CT molecular complexity index is 767. The van der Waals surface area contributed by atoms with E-state index >= 15 is 0 Å². The van der Waals surface area contributed by atoms with Crippen LogP contribution in [-0.4, -0.2) is 24.5 Å². The maximum Gasteiger partial charge on any atom is 0.158 e. The molecule has 0 amide bonds. The zero-order chi connectivity index (χ0) is 14.8. The molecule has 6 heteroatoms. The fraction of sp³-hybridized carbons (Fsp3) is 0.267. The van der Waals surface area contributed by atoms with Crippen LogP contribution in [0.25, 0.3) is 17.2 Å². The highest BCUT2D eigenvalue weighted by Crippen LogP contribution is 2.19. The van der Waals surface area contributed by atoms with Gasteiger partial charge in [-0.15, -0.1) is 0 Å². The summed E-state index contributed by atoms with van der Waals surface area (Å²) in [4.78, 5) is 4.50. The van der Waals surface area contributed by atoms with Gasteiger partial charge in [0.05, 0.1) is 24.3 Å². The quantitative estimate of drug-likeness (QED) is 0.781. The molecule has 3 aromatic rings. The molecule has 3 aromatic heterocycles. The molecular formula is C15H18N6. The SMILES string of the molecule is C=Cn1cc(CNc2cnc3c(cnn3C(C)C)c2)cn1. The van der Waals surface area contributed by atoms with Crippen molar-refractivity contribution in [1.29, 1.82) is 0 Å². The lowest BCUT2D eigenvalue weighted by atomic mass is 10.3. The summed E-state index contributed by atoms with van der Waals surface area (Å²) in [5, 5.41) is 12.9. The third-order valence-electron chi connectivity index (χ3n) is 3.26. The van der Waals surface area contributed by atoms with Crippen LogP contribution in [0.2, 0.25) is 0 Å². The second-order valence-electron chi connectivity index (χ2n) is 5.18. The largest absolute Gasteiger partial charge is 0.380 e. The van der Waals surface area contributed by atoms with Crippen LogP contribution in [0.3, 0.4) is 0 Å². The average Bonchev–Trinajstić information content (AvgIpc) is 3.11. The molecule has 0 radical (unpaired) electrons.